The summed E-state index contributed by atoms with van der Waals surface area (Å²) in [5.41, 5.74) is 3.12. The number of ether oxygens (including phenoxy) is 2. The van der Waals surface area contributed by atoms with Gasteiger partial charge in [-0.3, -0.25) is 0 Å². The highest BCUT2D eigenvalue weighted by Gasteiger charge is 2.53. The summed E-state index contributed by atoms with van der Waals surface area (Å²) in [4.78, 5) is 0. The molecule has 0 aromatic heterocycles. The standard InChI is InChI=1S/C27H30NO3.ClH/c29-28(20-22-12-4-1-5-13-22)19-11-10-18-25(28)26-21-30-27(31-26,23-14-6-2-7-15-23)24-16-8-3-9-17-24;/h1-9,12-17,25-26,29H,10-11,18-21H2;1H/q+1;/p-1. The zero-order valence-electron chi connectivity index (χ0n) is 18.1. The van der Waals surface area contributed by atoms with Crippen LogP contribution in [0.1, 0.15) is 36.0 Å². The van der Waals surface area contributed by atoms with Gasteiger partial charge in [-0.05, 0) is 12.8 Å². The number of hydrogen-bond acceptors (Lipinski definition) is 3. The van der Waals surface area contributed by atoms with Crippen LogP contribution in [0.25, 0.3) is 0 Å². The van der Waals surface area contributed by atoms with E-state index in [1.54, 1.807) is 0 Å². The fourth-order valence-electron chi connectivity index (χ4n) is 5.19. The van der Waals surface area contributed by atoms with Gasteiger partial charge < -0.3 is 21.9 Å². The molecule has 0 spiro atoms. The number of benzene rings is 3. The molecular weight excluding hydrogens is 422 g/mol. The van der Waals surface area contributed by atoms with E-state index in [9.17, 15) is 5.21 Å². The average Bonchev–Trinajstić information content (AvgIpc) is 3.27. The quantitative estimate of drug-likeness (QED) is 0.605. The number of quaternary nitrogens is 1. The highest BCUT2D eigenvalue weighted by molar-refractivity contribution is 5.34. The monoisotopic (exact) mass is 451 g/mol. The molecule has 0 radical (unpaired) electrons. The highest BCUT2D eigenvalue weighted by Crippen LogP contribution is 2.44. The Morgan fingerprint density at radius 3 is 1.97 bits per heavy atom. The Morgan fingerprint density at radius 2 is 1.38 bits per heavy atom. The zero-order chi connectivity index (χ0) is 21.2. The van der Waals surface area contributed by atoms with Crippen molar-refractivity contribution >= 4 is 0 Å². The molecule has 0 aliphatic carbocycles. The van der Waals surface area contributed by atoms with Crippen molar-refractivity contribution in [3.05, 3.63) is 108 Å². The first kappa shape index (κ1) is 23.0. The first-order valence-corrected chi connectivity index (χ1v) is 11.3. The molecule has 2 heterocycles. The molecule has 2 aliphatic rings. The molecule has 4 nitrogen and oxygen atoms in total. The lowest BCUT2D eigenvalue weighted by Gasteiger charge is -2.43. The van der Waals surface area contributed by atoms with Gasteiger partial charge in [-0.2, -0.15) is 4.65 Å². The first-order valence-electron chi connectivity index (χ1n) is 11.3. The number of piperidine rings is 1. The molecule has 3 aromatic rings. The Morgan fingerprint density at radius 1 is 0.812 bits per heavy atom. The third-order valence-electron chi connectivity index (χ3n) is 6.72. The molecule has 0 saturated carbocycles. The van der Waals surface area contributed by atoms with E-state index >= 15 is 0 Å². The van der Waals surface area contributed by atoms with Gasteiger partial charge in [-0.15, -0.1) is 0 Å². The molecule has 5 rings (SSSR count). The van der Waals surface area contributed by atoms with Crippen LogP contribution in [-0.2, 0) is 21.8 Å². The van der Waals surface area contributed by atoms with Gasteiger partial charge in [0.2, 0.25) is 5.79 Å². The number of hydroxylamine groups is 3. The molecule has 3 atom stereocenters. The molecule has 0 bridgehead atoms. The summed E-state index contributed by atoms with van der Waals surface area (Å²) >= 11 is 0. The van der Waals surface area contributed by atoms with Gasteiger partial charge in [0.1, 0.15) is 25.2 Å². The Bertz CT molecular complexity index is 946. The number of halogens is 1. The largest absolute Gasteiger partial charge is 1.00 e. The number of nitrogens with zero attached hydrogens (tertiary/aromatic N) is 1. The van der Waals surface area contributed by atoms with E-state index in [1.807, 2.05) is 54.6 Å². The molecule has 2 aliphatic heterocycles. The van der Waals surface area contributed by atoms with Crippen molar-refractivity contribution in [1.29, 1.82) is 0 Å². The van der Waals surface area contributed by atoms with Crippen LogP contribution in [0.2, 0.25) is 0 Å². The van der Waals surface area contributed by atoms with Gasteiger partial charge in [0.25, 0.3) is 0 Å². The van der Waals surface area contributed by atoms with Gasteiger partial charge in [-0.25, -0.2) is 5.21 Å². The van der Waals surface area contributed by atoms with Gasteiger partial charge >= 0.3 is 0 Å². The van der Waals surface area contributed by atoms with Crippen LogP contribution in [0, 0.1) is 0 Å². The van der Waals surface area contributed by atoms with E-state index in [1.165, 1.54) is 0 Å². The summed E-state index contributed by atoms with van der Waals surface area (Å²) in [5.74, 6) is -0.942. The molecule has 2 saturated heterocycles. The van der Waals surface area contributed by atoms with Gasteiger partial charge in [-0.1, -0.05) is 91.0 Å². The minimum absolute atomic E-state index is 0. The third-order valence-corrected chi connectivity index (χ3v) is 6.72. The Hall–Kier alpha value is -2.21. The predicted molar refractivity (Wildman–Crippen MR) is 119 cm³/mol. The summed E-state index contributed by atoms with van der Waals surface area (Å²) in [7, 11) is 0. The van der Waals surface area contributed by atoms with Crippen LogP contribution in [0.3, 0.4) is 0 Å². The van der Waals surface area contributed by atoms with Crippen molar-refractivity contribution in [3.8, 4) is 0 Å². The summed E-state index contributed by atoms with van der Waals surface area (Å²) in [6.07, 6.45) is 2.87. The molecule has 3 aromatic carbocycles. The maximum atomic E-state index is 11.8. The number of likely N-dealkylation sites (tertiary alicyclic amines) is 1. The van der Waals surface area contributed by atoms with Crippen LogP contribution >= 0.6 is 0 Å². The second-order valence-corrected chi connectivity index (χ2v) is 8.73. The summed E-state index contributed by atoms with van der Waals surface area (Å²) < 4.78 is 13.3. The maximum Gasteiger partial charge on any atom is 0.223 e. The van der Waals surface area contributed by atoms with E-state index in [4.69, 9.17) is 9.47 Å². The van der Waals surface area contributed by atoms with Crippen LogP contribution in [-0.4, -0.2) is 35.2 Å². The fraction of sp³-hybridized carbons (Fsp3) is 0.333. The van der Waals surface area contributed by atoms with Crippen LogP contribution in [0.15, 0.2) is 91.0 Å². The second kappa shape index (κ2) is 9.74. The van der Waals surface area contributed by atoms with Gasteiger partial charge in [0.15, 0.2) is 0 Å². The Labute approximate surface area is 196 Å². The molecule has 5 heteroatoms. The number of rotatable bonds is 5. The van der Waals surface area contributed by atoms with Crippen LogP contribution in [0.4, 0.5) is 0 Å². The van der Waals surface area contributed by atoms with E-state index < -0.39 is 5.79 Å². The molecular formula is C27H30ClNO3. The van der Waals surface area contributed by atoms with Crippen molar-refractivity contribution in [3.63, 3.8) is 0 Å². The van der Waals surface area contributed by atoms with Crippen molar-refractivity contribution in [1.82, 2.24) is 0 Å². The van der Waals surface area contributed by atoms with Crippen molar-refractivity contribution in [2.24, 2.45) is 0 Å². The lowest BCUT2D eigenvalue weighted by Crippen LogP contribution is -3.00. The van der Waals surface area contributed by atoms with Crippen LogP contribution in [0.5, 0.6) is 0 Å². The Kier molecular flexibility index (Phi) is 6.99. The third kappa shape index (κ3) is 4.34. The highest BCUT2D eigenvalue weighted by atomic mass is 35.5. The molecule has 1 N–H and O–H groups in total. The molecule has 168 valence electrons. The lowest BCUT2D eigenvalue weighted by atomic mass is 9.95. The summed E-state index contributed by atoms with van der Waals surface area (Å²) in [6, 6.07) is 30.5. The fourth-order valence-corrected chi connectivity index (χ4v) is 5.19. The second-order valence-electron chi connectivity index (χ2n) is 8.73. The zero-order valence-corrected chi connectivity index (χ0v) is 18.9. The summed E-state index contributed by atoms with van der Waals surface area (Å²) in [5, 5.41) is 11.8. The maximum absolute atomic E-state index is 11.8. The van der Waals surface area contributed by atoms with Gasteiger partial charge in [0.05, 0.1) is 6.61 Å². The molecule has 3 unspecified atom stereocenters. The van der Waals surface area contributed by atoms with E-state index in [-0.39, 0.29) is 29.2 Å². The smallest absolute Gasteiger partial charge is 0.223 e. The first-order chi connectivity index (χ1) is 15.2. The van der Waals surface area contributed by atoms with Gasteiger partial charge in [0, 0.05) is 23.1 Å². The van der Waals surface area contributed by atoms with E-state index in [2.05, 4.69) is 36.4 Å². The summed E-state index contributed by atoms with van der Waals surface area (Å²) in [6.45, 7) is 1.79. The topological polar surface area (TPSA) is 38.7 Å². The van der Waals surface area contributed by atoms with E-state index in [0.717, 1.165) is 42.5 Å². The van der Waals surface area contributed by atoms with Crippen molar-refractivity contribution < 1.29 is 31.7 Å². The van der Waals surface area contributed by atoms with Crippen molar-refractivity contribution in [2.75, 3.05) is 13.2 Å². The molecule has 2 fully saturated rings. The van der Waals surface area contributed by atoms with E-state index in [0.29, 0.717) is 13.2 Å². The number of hydrogen-bond donors (Lipinski definition) is 1. The minimum atomic E-state index is -0.942. The minimum Gasteiger partial charge on any atom is -1.00 e. The Balaban J connectivity index is 0.00000245. The SMILES string of the molecule is O[N+]1(Cc2ccccc2)CCCCC1C1COC(c2ccccc2)(c2ccccc2)O1.[Cl-]. The predicted octanol–water partition coefficient (Wildman–Crippen LogP) is 2.27. The lowest BCUT2D eigenvalue weighted by molar-refractivity contribution is -1.13. The molecule has 32 heavy (non-hydrogen) atoms. The molecule has 0 amide bonds. The normalized spacial score (nSPS) is 26.9. The van der Waals surface area contributed by atoms with Crippen molar-refractivity contribution in [2.45, 2.75) is 43.7 Å². The average molecular weight is 452 g/mol. The van der Waals surface area contributed by atoms with Crippen LogP contribution < -0.4 is 12.4 Å².